The molecule has 0 aliphatic carbocycles. The van der Waals surface area contributed by atoms with Crippen molar-refractivity contribution in [2.75, 3.05) is 62.2 Å². The third-order valence-corrected chi connectivity index (χ3v) is 6.22. The maximum absolute atomic E-state index is 12.9. The standard InChI is InChI=1S/C23H24F6N4O/c24-22(25,26)17-1-5-19(6-2-17)30-9-13-32(14-10-30)21(34)33-15-11-31(12-16-33)20-7-3-18(4-8-20)23(27,28)29/h1-8H,9-16H2. The molecule has 11 heteroatoms. The lowest BCUT2D eigenvalue weighted by Crippen LogP contribution is -2.57. The van der Waals surface area contributed by atoms with E-state index in [0.29, 0.717) is 63.7 Å². The monoisotopic (exact) mass is 486 g/mol. The van der Waals surface area contributed by atoms with Crippen LogP contribution >= 0.6 is 0 Å². The van der Waals surface area contributed by atoms with Gasteiger partial charge in [0.1, 0.15) is 0 Å². The molecule has 4 rings (SSSR count). The molecular formula is C23H24F6N4O. The van der Waals surface area contributed by atoms with E-state index in [1.165, 1.54) is 24.3 Å². The Kier molecular flexibility index (Phi) is 6.55. The van der Waals surface area contributed by atoms with Crippen LogP contribution in [0, 0.1) is 0 Å². The van der Waals surface area contributed by atoms with Crippen molar-refractivity contribution in [2.45, 2.75) is 12.4 Å². The fourth-order valence-electron chi connectivity index (χ4n) is 4.23. The number of halogens is 6. The number of hydrogen-bond donors (Lipinski definition) is 0. The van der Waals surface area contributed by atoms with E-state index < -0.39 is 23.5 Å². The molecule has 2 fully saturated rings. The number of piperazine rings is 2. The summed E-state index contributed by atoms with van der Waals surface area (Å²) >= 11 is 0. The lowest BCUT2D eigenvalue weighted by molar-refractivity contribution is -0.138. The highest BCUT2D eigenvalue weighted by molar-refractivity contribution is 5.75. The van der Waals surface area contributed by atoms with E-state index in [2.05, 4.69) is 0 Å². The highest BCUT2D eigenvalue weighted by atomic mass is 19.4. The van der Waals surface area contributed by atoms with Crippen LogP contribution in [0.3, 0.4) is 0 Å². The number of anilines is 2. The van der Waals surface area contributed by atoms with Gasteiger partial charge in [0.05, 0.1) is 11.1 Å². The average molecular weight is 486 g/mol. The molecule has 2 amide bonds. The number of rotatable bonds is 2. The molecular weight excluding hydrogens is 462 g/mol. The summed E-state index contributed by atoms with van der Waals surface area (Å²) in [4.78, 5) is 20.3. The maximum Gasteiger partial charge on any atom is 0.416 e. The third kappa shape index (κ3) is 5.34. The van der Waals surface area contributed by atoms with Crippen LogP contribution in [0.4, 0.5) is 42.5 Å². The molecule has 2 aromatic rings. The molecule has 0 spiro atoms. The van der Waals surface area contributed by atoms with Crippen molar-refractivity contribution in [1.82, 2.24) is 9.80 Å². The number of alkyl halides is 6. The SMILES string of the molecule is O=C(N1CCN(c2ccc(C(F)(F)F)cc2)CC1)N1CCN(c2ccc(C(F)(F)F)cc2)CC1. The van der Waals surface area contributed by atoms with E-state index in [4.69, 9.17) is 0 Å². The van der Waals surface area contributed by atoms with Crippen LogP contribution in [-0.4, -0.2) is 68.2 Å². The van der Waals surface area contributed by atoms with Gasteiger partial charge < -0.3 is 19.6 Å². The zero-order valence-corrected chi connectivity index (χ0v) is 18.2. The van der Waals surface area contributed by atoms with Gasteiger partial charge in [-0.05, 0) is 48.5 Å². The molecule has 0 atom stereocenters. The molecule has 0 bridgehead atoms. The molecule has 34 heavy (non-hydrogen) atoms. The van der Waals surface area contributed by atoms with Crippen LogP contribution in [0.1, 0.15) is 11.1 Å². The van der Waals surface area contributed by atoms with Gasteiger partial charge in [-0.15, -0.1) is 0 Å². The largest absolute Gasteiger partial charge is 0.416 e. The molecule has 2 aromatic carbocycles. The minimum atomic E-state index is -4.37. The van der Waals surface area contributed by atoms with Gasteiger partial charge in [0.15, 0.2) is 0 Å². The Morgan fingerprint density at radius 2 is 0.824 bits per heavy atom. The second-order valence-electron chi connectivity index (χ2n) is 8.32. The minimum Gasteiger partial charge on any atom is -0.368 e. The Morgan fingerprint density at radius 3 is 1.09 bits per heavy atom. The van der Waals surface area contributed by atoms with Crippen molar-refractivity contribution in [3.8, 4) is 0 Å². The first-order valence-corrected chi connectivity index (χ1v) is 10.9. The normalized spacial score (nSPS) is 17.8. The summed E-state index contributed by atoms with van der Waals surface area (Å²) in [5.74, 6) is 0. The van der Waals surface area contributed by atoms with Crippen LogP contribution < -0.4 is 9.80 Å². The van der Waals surface area contributed by atoms with Crippen molar-refractivity contribution in [1.29, 1.82) is 0 Å². The molecule has 2 aliphatic heterocycles. The third-order valence-electron chi connectivity index (χ3n) is 6.22. The van der Waals surface area contributed by atoms with Gasteiger partial charge in [-0.25, -0.2) is 4.79 Å². The zero-order valence-electron chi connectivity index (χ0n) is 18.2. The number of carbonyl (C=O) groups is 1. The second-order valence-corrected chi connectivity index (χ2v) is 8.32. The summed E-state index contributed by atoms with van der Waals surface area (Å²) in [7, 11) is 0. The first-order valence-electron chi connectivity index (χ1n) is 10.9. The van der Waals surface area contributed by atoms with Gasteiger partial charge in [0.25, 0.3) is 0 Å². The predicted molar refractivity (Wildman–Crippen MR) is 116 cm³/mol. The van der Waals surface area contributed by atoms with Crippen LogP contribution in [0.25, 0.3) is 0 Å². The molecule has 2 heterocycles. The van der Waals surface area contributed by atoms with Crippen molar-refractivity contribution < 1.29 is 31.1 Å². The predicted octanol–water partition coefficient (Wildman–Crippen LogP) is 4.79. The summed E-state index contributed by atoms with van der Waals surface area (Å²) in [6.07, 6.45) is -8.75. The molecule has 0 radical (unpaired) electrons. The summed E-state index contributed by atoms with van der Waals surface area (Å²) in [5, 5.41) is 0. The second kappa shape index (κ2) is 9.27. The summed E-state index contributed by atoms with van der Waals surface area (Å²) in [6.45, 7) is 3.90. The van der Waals surface area contributed by atoms with Crippen LogP contribution in [0.15, 0.2) is 48.5 Å². The first-order chi connectivity index (χ1) is 16.0. The Bertz CT molecular complexity index is 895. The number of amides is 2. The first kappa shape index (κ1) is 24.0. The van der Waals surface area contributed by atoms with Crippen LogP contribution in [-0.2, 0) is 12.4 Å². The van der Waals surface area contributed by atoms with Gasteiger partial charge >= 0.3 is 18.4 Å². The van der Waals surface area contributed by atoms with Gasteiger partial charge in [-0.2, -0.15) is 26.3 Å². The lowest BCUT2D eigenvalue weighted by Gasteiger charge is -2.41. The highest BCUT2D eigenvalue weighted by Gasteiger charge is 2.32. The van der Waals surface area contributed by atoms with Crippen molar-refractivity contribution in [2.24, 2.45) is 0 Å². The topological polar surface area (TPSA) is 30.0 Å². The van der Waals surface area contributed by atoms with Crippen molar-refractivity contribution in [3.63, 3.8) is 0 Å². The number of hydrogen-bond acceptors (Lipinski definition) is 3. The van der Waals surface area contributed by atoms with E-state index in [1.54, 1.807) is 9.80 Å². The Hall–Kier alpha value is -3.11. The van der Waals surface area contributed by atoms with Crippen molar-refractivity contribution >= 4 is 17.4 Å². The minimum absolute atomic E-state index is 0.0980. The molecule has 184 valence electrons. The molecule has 5 nitrogen and oxygen atoms in total. The summed E-state index contributed by atoms with van der Waals surface area (Å²) in [6, 6.07) is 9.92. The summed E-state index contributed by atoms with van der Waals surface area (Å²) in [5.41, 5.74) is -0.0171. The van der Waals surface area contributed by atoms with E-state index in [-0.39, 0.29) is 6.03 Å². The van der Waals surface area contributed by atoms with Gasteiger partial charge in [-0.1, -0.05) is 0 Å². The maximum atomic E-state index is 12.9. The van der Waals surface area contributed by atoms with E-state index in [0.717, 1.165) is 24.3 Å². The van der Waals surface area contributed by atoms with Crippen LogP contribution in [0.2, 0.25) is 0 Å². The molecule has 2 saturated heterocycles. The average Bonchev–Trinajstić information content (AvgIpc) is 2.83. The molecule has 0 N–H and O–H groups in total. The number of benzene rings is 2. The fourth-order valence-corrected chi connectivity index (χ4v) is 4.23. The molecule has 0 unspecified atom stereocenters. The van der Waals surface area contributed by atoms with E-state index in [1.807, 2.05) is 9.80 Å². The summed E-state index contributed by atoms with van der Waals surface area (Å²) < 4.78 is 76.5. The Labute approximate surface area is 193 Å². The molecule has 2 aliphatic rings. The zero-order chi connectivity index (χ0) is 24.5. The van der Waals surface area contributed by atoms with Crippen molar-refractivity contribution in [3.05, 3.63) is 59.7 Å². The van der Waals surface area contributed by atoms with Crippen LogP contribution in [0.5, 0.6) is 0 Å². The smallest absolute Gasteiger partial charge is 0.368 e. The van der Waals surface area contributed by atoms with E-state index in [9.17, 15) is 31.1 Å². The van der Waals surface area contributed by atoms with Gasteiger partial charge in [-0.3, -0.25) is 0 Å². The Morgan fingerprint density at radius 1 is 0.529 bits per heavy atom. The number of carbonyl (C=O) groups excluding carboxylic acids is 1. The molecule has 0 saturated carbocycles. The fraction of sp³-hybridized carbons (Fsp3) is 0.435. The van der Waals surface area contributed by atoms with Gasteiger partial charge in [0, 0.05) is 63.7 Å². The highest BCUT2D eigenvalue weighted by Crippen LogP contribution is 2.32. The number of urea groups is 1. The Balaban J connectivity index is 1.26. The van der Waals surface area contributed by atoms with E-state index >= 15 is 0 Å². The molecule has 0 aromatic heterocycles. The number of nitrogens with zero attached hydrogens (tertiary/aromatic N) is 4. The van der Waals surface area contributed by atoms with Gasteiger partial charge in [0.2, 0.25) is 0 Å². The lowest BCUT2D eigenvalue weighted by atomic mass is 10.1. The quantitative estimate of drug-likeness (QED) is 0.572.